The van der Waals surface area contributed by atoms with Gasteiger partial charge in [-0.15, -0.1) is 0 Å². The van der Waals surface area contributed by atoms with Crippen LogP contribution in [-0.2, 0) is 4.79 Å². The molecule has 0 bridgehead atoms. The number of amidine groups is 1. The first-order valence-corrected chi connectivity index (χ1v) is 8.52. The van der Waals surface area contributed by atoms with Gasteiger partial charge in [-0.1, -0.05) is 17.7 Å². The van der Waals surface area contributed by atoms with Crippen LogP contribution >= 0.6 is 12.2 Å². The number of hydrogen-bond donors (Lipinski definition) is 1. The van der Waals surface area contributed by atoms with Crippen molar-refractivity contribution in [3.63, 3.8) is 0 Å². The summed E-state index contributed by atoms with van der Waals surface area (Å²) in [7, 11) is 2.95. The number of aliphatic hydroxyl groups is 1. The summed E-state index contributed by atoms with van der Waals surface area (Å²) in [6.07, 6.45) is -0.884. The summed E-state index contributed by atoms with van der Waals surface area (Å²) in [5, 5.41) is 10.5. The number of amides is 3. The number of imide groups is 1. The number of fused-ring (bicyclic) bond motifs is 1. The van der Waals surface area contributed by atoms with Gasteiger partial charge in [-0.25, -0.2) is 9.79 Å². The molecule has 26 heavy (non-hydrogen) atoms. The van der Waals surface area contributed by atoms with Crippen LogP contribution in [0.1, 0.15) is 5.56 Å². The van der Waals surface area contributed by atoms with E-state index in [0.717, 1.165) is 10.5 Å². The molecule has 0 spiro atoms. The highest BCUT2D eigenvalue weighted by Gasteiger charge is 2.48. The molecule has 3 rings (SSSR count). The Hall–Kier alpha value is -2.52. The summed E-state index contributed by atoms with van der Waals surface area (Å²) >= 11 is 5.23. The lowest BCUT2D eigenvalue weighted by Gasteiger charge is -2.37. The van der Waals surface area contributed by atoms with Crippen molar-refractivity contribution < 1.29 is 19.4 Å². The molecule has 0 radical (unpaired) electrons. The number of nitrogens with zero attached hydrogens (tertiary/aromatic N) is 4. The fourth-order valence-corrected chi connectivity index (χ4v) is 3.14. The molecule has 2 unspecified atom stereocenters. The second-order valence-corrected chi connectivity index (χ2v) is 6.69. The molecule has 2 heterocycles. The van der Waals surface area contributed by atoms with E-state index >= 15 is 0 Å². The summed E-state index contributed by atoms with van der Waals surface area (Å²) < 4.78 is 5.57. The molecule has 2 atom stereocenters. The minimum Gasteiger partial charge on any atom is -0.491 e. The number of ether oxygens (including phenoxy) is 1. The Morgan fingerprint density at radius 2 is 1.88 bits per heavy atom. The van der Waals surface area contributed by atoms with Crippen LogP contribution in [0.15, 0.2) is 29.3 Å². The Bertz CT molecular complexity index is 779. The van der Waals surface area contributed by atoms with Crippen LogP contribution in [0.2, 0.25) is 0 Å². The molecule has 1 aromatic rings. The largest absolute Gasteiger partial charge is 0.491 e. The number of carbonyl (C=O) groups excluding carboxylic acids is 2. The zero-order valence-corrected chi connectivity index (χ0v) is 15.6. The van der Waals surface area contributed by atoms with Gasteiger partial charge in [-0.05, 0) is 31.3 Å². The highest BCUT2D eigenvalue weighted by atomic mass is 32.1. The first-order valence-electron chi connectivity index (χ1n) is 8.11. The second kappa shape index (κ2) is 7.00. The van der Waals surface area contributed by atoms with Crippen molar-refractivity contribution in [3.8, 4) is 5.75 Å². The van der Waals surface area contributed by atoms with Crippen LogP contribution in [0.5, 0.6) is 5.75 Å². The zero-order chi connectivity index (χ0) is 19.0. The molecule has 1 saturated heterocycles. The number of hydrogen-bond acceptors (Lipinski definition) is 5. The molecule has 0 aromatic heterocycles. The molecular formula is C17H20N4O4S. The Kier molecular flexibility index (Phi) is 4.92. The molecule has 0 aliphatic carbocycles. The molecule has 2 aliphatic rings. The van der Waals surface area contributed by atoms with Gasteiger partial charge in [0, 0.05) is 14.1 Å². The van der Waals surface area contributed by atoms with Crippen molar-refractivity contribution in [1.82, 2.24) is 14.7 Å². The number of β-amino-alcohol motifs (C(OH)–C–C–N with tert-alkyl or cyclic N) is 1. The third kappa shape index (κ3) is 3.27. The Morgan fingerprint density at radius 1 is 1.23 bits per heavy atom. The van der Waals surface area contributed by atoms with E-state index in [1.807, 2.05) is 31.2 Å². The lowest BCUT2D eigenvalue weighted by molar-refractivity contribution is -0.130. The van der Waals surface area contributed by atoms with Gasteiger partial charge in [0.25, 0.3) is 5.91 Å². The van der Waals surface area contributed by atoms with Crippen molar-refractivity contribution in [1.29, 1.82) is 0 Å². The van der Waals surface area contributed by atoms with Gasteiger partial charge < -0.3 is 14.7 Å². The lowest BCUT2D eigenvalue weighted by Crippen LogP contribution is -2.63. The second-order valence-electron chi connectivity index (χ2n) is 6.32. The summed E-state index contributed by atoms with van der Waals surface area (Å²) in [4.78, 5) is 32.5. The Labute approximate surface area is 156 Å². The topological polar surface area (TPSA) is 85.7 Å². The molecule has 1 fully saturated rings. The van der Waals surface area contributed by atoms with E-state index in [9.17, 15) is 14.7 Å². The fourth-order valence-electron chi connectivity index (χ4n) is 2.87. The summed E-state index contributed by atoms with van der Waals surface area (Å²) in [5.74, 6) is 0.516. The van der Waals surface area contributed by atoms with Crippen LogP contribution in [-0.4, -0.2) is 82.1 Å². The number of rotatable bonds is 5. The van der Waals surface area contributed by atoms with Gasteiger partial charge in [0.1, 0.15) is 24.3 Å². The number of aryl methyl sites for hydroxylation is 1. The van der Waals surface area contributed by atoms with Gasteiger partial charge in [-0.3, -0.25) is 14.6 Å². The van der Waals surface area contributed by atoms with Crippen molar-refractivity contribution in [2.75, 3.05) is 27.2 Å². The van der Waals surface area contributed by atoms with Crippen LogP contribution in [0.4, 0.5) is 4.79 Å². The van der Waals surface area contributed by atoms with E-state index in [0.29, 0.717) is 5.75 Å². The van der Waals surface area contributed by atoms with Crippen molar-refractivity contribution >= 4 is 35.1 Å². The number of aliphatic hydroxyl groups excluding tert-OH is 1. The average Bonchev–Trinajstić information content (AvgIpc) is 2.94. The molecule has 9 heteroatoms. The smallest absolute Gasteiger partial charge is 0.331 e. The summed E-state index contributed by atoms with van der Waals surface area (Å²) in [5.41, 5.74) is 1.11. The molecule has 1 aromatic carbocycles. The maximum Gasteiger partial charge on any atom is 0.331 e. The number of aliphatic imine (C=N–C) groups is 1. The number of benzene rings is 1. The minimum absolute atomic E-state index is 0.0447. The Balaban J connectivity index is 1.66. The molecule has 8 nitrogen and oxygen atoms in total. The maximum atomic E-state index is 12.5. The van der Waals surface area contributed by atoms with Crippen LogP contribution < -0.4 is 4.74 Å². The van der Waals surface area contributed by atoms with Gasteiger partial charge in [0.2, 0.25) is 0 Å². The standard InChI is InChI=1S/C17H20N4O4S/c1-10-4-6-12(7-5-10)25-9-11(22)8-21-13-14(18-16(21)26)19(2)17(24)20(3)15(13)23/h4-7,11,13,22H,8-9H2,1-3H3. The molecule has 2 aliphatic heterocycles. The predicted molar refractivity (Wildman–Crippen MR) is 99.1 cm³/mol. The van der Waals surface area contributed by atoms with Gasteiger partial charge in [-0.2, -0.15) is 0 Å². The third-order valence-corrected chi connectivity index (χ3v) is 4.69. The van der Waals surface area contributed by atoms with E-state index in [1.165, 1.54) is 16.8 Å². The zero-order valence-electron chi connectivity index (χ0n) is 14.7. The summed E-state index contributed by atoms with van der Waals surface area (Å²) in [6.45, 7) is 2.09. The normalized spacial score (nSPS) is 21.1. The van der Waals surface area contributed by atoms with E-state index in [-0.39, 0.29) is 24.1 Å². The van der Waals surface area contributed by atoms with Crippen LogP contribution in [0.25, 0.3) is 0 Å². The lowest BCUT2D eigenvalue weighted by atomic mass is 10.1. The highest BCUT2D eigenvalue weighted by molar-refractivity contribution is 7.80. The molecule has 0 saturated carbocycles. The molecule has 1 N–H and O–H groups in total. The average molecular weight is 376 g/mol. The quantitative estimate of drug-likeness (QED) is 0.759. The first-order chi connectivity index (χ1) is 12.3. The van der Waals surface area contributed by atoms with Gasteiger partial charge in [0.05, 0.1) is 6.54 Å². The van der Waals surface area contributed by atoms with Gasteiger partial charge in [0.15, 0.2) is 11.2 Å². The SMILES string of the molecule is Cc1ccc(OCC(O)CN2C(=S)N=C3C2C(=O)N(C)C(=O)N3C)cc1. The van der Waals surface area contributed by atoms with Gasteiger partial charge >= 0.3 is 6.03 Å². The number of thiocarbonyl (C=S) groups is 1. The van der Waals surface area contributed by atoms with Crippen molar-refractivity contribution in [2.45, 2.75) is 19.1 Å². The van der Waals surface area contributed by atoms with E-state index < -0.39 is 24.1 Å². The van der Waals surface area contributed by atoms with Crippen molar-refractivity contribution in [3.05, 3.63) is 29.8 Å². The third-order valence-electron chi connectivity index (χ3n) is 4.36. The van der Waals surface area contributed by atoms with Crippen molar-refractivity contribution in [2.24, 2.45) is 4.99 Å². The number of carbonyl (C=O) groups is 2. The van der Waals surface area contributed by atoms with E-state index in [2.05, 4.69) is 4.99 Å². The Morgan fingerprint density at radius 3 is 2.54 bits per heavy atom. The van der Waals surface area contributed by atoms with E-state index in [4.69, 9.17) is 17.0 Å². The maximum absolute atomic E-state index is 12.5. The summed E-state index contributed by atoms with van der Waals surface area (Å²) in [6, 6.07) is 6.22. The predicted octanol–water partition coefficient (Wildman–Crippen LogP) is 0.626. The number of urea groups is 1. The van der Waals surface area contributed by atoms with Crippen LogP contribution in [0, 0.1) is 6.92 Å². The number of likely N-dealkylation sites (N-methyl/N-ethyl adjacent to an activating group) is 2. The molecule has 3 amide bonds. The minimum atomic E-state index is -0.884. The molecule has 138 valence electrons. The highest BCUT2D eigenvalue weighted by Crippen LogP contribution is 2.23. The monoisotopic (exact) mass is 376 g/mol. The fraction of sp³-hybridized carbons (Fsp3) is 0.412. The first kappa shape index (κ1) is 18.3. The van der Waals surface area contributed by atoms with Crippen LogP contribution in [0.3, 0.4) is 0 Å². The molecular weight excluding hydrogens is 356 g/mol. The van der Waals surface area contributed by atoms with E-state index in [1.54, 1.807) is 7.05 Å².